The predicted molar refractivity (Wildman–Crippen MR) is 125 cm³/mol. The van der Waals surface area contributed by atoms with Gasteiger partial charge in [0.15, 0.2) is 0 Å². The Morgan fingerprint density at radius 1 is 1.19 bits per heavy atom. The summed E-state index contributed by atoms with van der Waals surface area (Å²) in [7, 11) is 0. The summed E-state index contributed by atoms with van der Waals surface area (Å²) in [6, 6.07) is 16.7. The van der Waals surface area contributed by atoms with Crippen molar-refractivity contribution in [3.05, 3.63) is 83.6 Å². The summed E-state index contributed by atoms with van der Waals surface area (Å²) in [5, 5.41) is 5.97. The number of benzene rings is 2. The van der Waals surface area contributed by atoms with Gasteiger partial charge in [-0.3, -0.25) is 9.79 Å². The number of hydrogen-bond acceptors (Lipinski definition) is 6. The van der Waals surface area contributed by atoms with Crippen molar-refractivity contribution in [2.75, 3.05) is 11.9 Å². The maximum Gasteiger partial charge on any atom is 0.336 e. The second-order valence-electron chi connectivity index (χ2n) is 7.63. The van der Waals surface area contributed by atoms with Crippen LogP contribution in [-0.4, -0.2) is 30.7 Å². The fourth-order valence-corrected chi connectivity index (χ4v) is 3.93. The van der Waals surface area contributed by atoms with Crippen LogP contribution in [0.5, 0.6) is 0 Å². The number of aliphatic imine (C=N–C) groups is 2. The van der Waals surface area contributed by atoms with Gasteiger partial charge < -0.3 is 15.4 Å². The predicted octanol–water partition coefficient (Wildman–Crippen LogP) is 3.88. The summed E-state index contributed by atoms with van der Waals surface area (Å²) < 4.78 is 5.25. The Balaban J connectivity index is 1.56. The molecule has 0 radical (unpaired) electrons. The fourth-order valence-electron chi connectivity index (χ4n) is 3.93. The number of ether oxygens (including phenoxy) is 1. The summed E-state index contributed by atoms with van der Waals surface area (Å²) in [6.07, 6.45) is 6.38. The molecular formula is C25H24N4O3. The molecule has 0 saturated carbocycles. The highest BCUT2D eigenvalue weighted by Crippen LogP contribution is 2.47. The van der Waals surface area contributed by atoms with Gasteiger partial charge in [-0.2, -0.15) is 0 Å². The fraction of sp³-hybridized carbons (Fsp3) is 0.200. The molecule has 2 aliphatic rings. The van der Waals surface area contributed by atoms with Crippen LogP contribution >= 0.6 is 0 Å². The smallest absolute Gasteiger partial charge is 0.336 e. The molecule has 7 heteroatoms. The van der Waals surface area contributed by atoms with Crippen molar-refractivity contribution < 1.29 is 14.3 Å². The molecule has 0 fully saturated rings. The maximum atomic E-state index is 12.6. The zero-order chi connectivity index (χ0) is 22.6. The molecule has 2 atom stereocenters. The minimum absolute atomic E-state index is 0.235. The zero-order valence-corrected chi connectivity index (χ0v) is 17.9. The summed E-state index contributed by atoms with van der Waals surface area (Å²) in [6.45, 7) is 3.97. The third kappa shape index (κ3) is 4.09. The maximum absolute atomic E-state index is 12.6. The number of hydrogen-bond donors (Lipinski definition) is 2. The Morgan fingerprint density at radius 3 is 2.78 bits per heavy atom. The molecule has 0 spiro atoms. The van der Waals surface area contributed by atoms with Gasteiger partial charge in [0.25, 0.3) is 0 Å². The van der Waals surface area contributed by atoms with Gasteiger partial charge in [-0.25, -0.2) is 9.79 Å². The van der Waals surface area contributed by atoms with Gasteiger partial charge in [0, 0.05) is 18.0 Å². The Labute approximate surface area is 186 Å². The topological polar surface area (TPSA) is 92.2 Å². The van der Waals surface area contributed by atoms with Gasteiger partial charge in [-0.15, -0.1) is 0 Å². The van der Waals surface area contributed by atoms with Crippen LogP contribution < -0.4 is 10.6 Å². The van der Waals surface area contributed by atoms with E-state index >= 15 is 0 Å². The van der Waals surface area contributed by atoms with Gasteiger partial charge in [-0.05, 0) is 43.2 Å². The third-order valence-corrected chi connectivity index (χ3v) is 5.55. The molecule has 0 aromatic heterocycles. The number of amidine groups is 1. The van der Waals surface area contributed by atoms with Crippen molar-refractivity contribution in [2.24, 2.45) is 15.4 Å². The van der Waals surface area contributed by atoms with E-state index in [2.05, 4.69) is 20.6 Å². The number of carbonyl (C=O) groups is 2. The van der Waals surface area contributed by atoms with Crippen molar-refractivity contribution in [1.82, 2.24) is 5.32 Å². The number of rotatable bonds is 6. The average molecular weight is 428 g/mol. The van der Waals surface area contributed by atoms with Gasteiger partial charge in [-0.1, -0.05) is 42.5 Å². The first kappa shape index (κ1) is 21.2. The molecule has 1 amide bonds. The number of esters is 1. The number of fused-ring (bicyclic) bond motifs is 1. The number of carbonyl (C=O) groups excluding carboxylic acids is 2. The minimum atomic E-state index is -0.795. The van der Waals surface area contributed by atoms with Gasteiger partial charge in [0.1, 0.15) is 12.2 Å². The SMILES string of the molecule is CCOC(=O)C1=CNC2=NC=NC(c3cccc(NC(=O)/C=C/c4ccccc4)c3)C12C. The first-order valence-electron chi connectivity index (χ1n) is 10.4. The first-order valence-corrected chi connectivity index (χ1v) is 10.4. The highest BCUT2D eigenvalue weighted by atomic mass is 16.5. The van der Waals surface area contributed by atoms with Crippen molar-refractivity contribution >= 4 is 35.8 Å². The summed E-state index contributed by atoms with van der Waals surface area (Å²) >= 11 is 0. The standard InChI is InChI=1S/C25H24N4O3/c1-3-32-23(31)20-15-26-24-25(20,2)22(27-16-28-24)18-10-7-11-19(14-18)29-21(30)13-12-17-8-5-4-6-9-17/h4-16,22H,3H2,1-2H3,(H,29,30)(H,26,27,28)/b13-12+. The molecule has 2 unspecified atom stereocenters. The van der Waals surface area contributed by atoms with Crippen LogP contribution in [0.2, 0.25) is 0 Å². The van der Waals surface area contributed by atoms with E-state index in [0.717, 1.165) is 11.1 Å². The number of nitrogens with one attached hydrogen (secondary N) is 2. The molecule has 32 heavy (non-hydrogen) atoms. The number of anilines is 1. The monoisotopic (exact) mass is 428 g/mol. The largest absolute Gasteiger partial charge is 0.463 e. The summed E-state index contributed by atoms with van der Waals surface area (Å²) in [4.78, 5) is 33.9. The molecule has 0 bridgehead atoms. The Bertz CT molecular complexity index is 1150. The molecule has 0 aliphatic carbocycles. The average Bonchev–Trinajstić information content (AvgIpc) is 3.15. The van der Waals surface area contributed by atoms with E-state index in [1.54, 1.807) is 19.2 Å². The van der Waals surface area contributed by atoms with E-state index in [9.17, 15) is 9.59 Å². The van der Waals surface area contributed by atoms with Crippen molar-refractivity contribution in [3.8, 4) is 0 Å². The molecule has 4 rings (SSSR count). The Morgan fingerprint density at radius 2 is 2.00 bits per heavy atom. The van der Waals surface area contributed by atoms with E-state index in [4.69, 9.17) is 4.74 Å². The van der Waals surface area contributed by atoms with Crippen molar-refractivity contribution in [2.45, 2.75) is 19.9 Å². The summed E-state index contributed by atoms with van der Waals surface area (Å²) in [5.74, 6) is 0.00680. The Kier molecular flexibility index (Phi) is 5.98. The Hall–Kier alpha value is -4.00. The van der Waals surface area contributed by atoms with E-state index in [0.29, 0.717) is 17.1 Å². The van der Waals surface area contributed by atoms with Crippen LogP contribution in [-0.2, 0) is 14.3 Å². The number of amides is 1. The lowest BCUT2D eigenvalue weighted by Crippen LogP contribution is -2.40. The summed E-state index contributed by atoms with van der Waals surface area (Å²) in [5.41, 5.74) is 2.11. The molecule has 0 saturated heterocycles. The minimum Gasteiger partial charge on any atom is -0.463 e. The lowest BCUT2D eigenvalue weighted by atomic mass is 9.73. The molecular weight excluding hydrogens is 404 g/mol. The van der Waals surface area contributed by atoms with E-state index in [-0.39, 0.29) is 12.5 Å². The van der Waals surface area contributed by atoms with E-state index in [1.165, 1.54) is 12.4 Å². The lowest BCUT2D eigenvalue weighted by Gasteiger charge is -2.35. The van der Waals surface area contributed by atoms with Gasteiger partial charge in [0.05, 0.1) is 23.6 Å². The highest BCUT2D eigenvalue weighted by Gasteiger charge is 2.51. The number of nitrogens with zero attached hydrogens (tertiary/aromatic N) is 2. The molecule has 2 aromatic carbocycles. The zero-order valence-electron chi connectivity index (χ0n) is 17.9. The normalized spacial score (nSPS) is 21.4. The molecule has 2 heterocycles. The first-order chi connectivity index (χ1) is 15.5. The van der Waals surface area contributed by atoms with Crippen molar-refractivity contribution in [3.63, 3.8) is 0 Å². The van der Waals surface area contributed by atoms with Gasteiger partial charge in [0.2, 0.25) is 5.91 Å². The molecule has 2 N–H and O–H groups in total. The molecule has 2 aromatic rings. The van der Waals surface area contributed by atoms with Crippen LogP contribution in [0.3, 0.4) is 0 Å². The van der Waals surface area contributed by atoms with Crippen LogP contribution in [0.1, 0.15) is 31.0 Å². The molecule has 7 nitrogen and oxygen atoms in total. The van der Waals surface area contributed by atoms with Crippen molar-refractivity contribution in [1.29, 1.82) is 0 Å². The van der Waals surface area contributed by atoms with Crippen LogP contribution in [0.4, 0.5) is 5.69 Å². The molecule has 2 aliphatic heterocycles. The highest BCUT2D eigenvalue weighted by molar-refractivity contribution is 6.09. The van der Waals surface area contributed by atoms with Gasteiger partial charge >= 0.3 is 5.97 Å². The van der Waals surface area contributed by atoms with E-state index < -0.39 is 17.4 Å². The third-order valence-electron chi connectivity index (χ3n) is 5.55. The van der Waals surface area contributed by atoms with Crippen LogP contribution in [0.25, 0.3) is 6.08 Å². The van der Waals surface area contributed by atoms with Crippen LogP contribution in [0.15, 0.2) is 82.4 Å². The van der Waals surface area contributed by atoms with E-state index in [1.807, 2.05) is 61.5 Å². The second-order valence-corrected chi connectivity index (χ2v) is 7.63. The molecule has 162 valence electrons. The second kappa shape index (κ2) is 9.01. The van der Waals surface area contributed by atoms with Crippen LogP contribution in [0, 0.1) is 5.41 Å². The lowest BCUT2D eigenvalue weighted by molar-refractivity contribution is -0.139. The quantitative estimate of drug-likeness (QED) is 0.540.